The SMILES string of the molecule is CC(CC(O)N1C2CC3(C)CC1CC(C)(C2)C3)c1c[nH]c2ccc(Cl)c(OC(F)(F)F)c12. The van der Waals surface area contributed by atoms with E-state index in [0.717, 1.165) is 25.7 Å². The van der Waals surface area contributed by atoms with Crippen LogP contribution in [0.1, 0.15) is 70.8 Å². The van der Waals surface area contributed by atoms with E-state index in [1.807, 2.05) is 6.92 Å². The van der Waals surface area contributed by atoms with E-state index in [4.69, 9.17) is 11.6 Å². The molecule has 4 fully saturated rings. The third-order valence-electron chi connectivity index (χ3n) is 8.05. The van der Waals surface area contributed by atoms with Gasteiger partial charge in [0.1, 0.15) is 6.23 Å². The molecule has 1 aromatic carbocycles. The third kappa shape index (κ3) is 3.80. The van der Waals surface area contributed by atoms with Crippen molar-refractivity contribution in [2.24, 2.45) is 10.8 Å². The van der Waals surface area contributed by atoms with Gasteiger partial charge in [0, 0.05) is 29.2 Å². The quantitative estimate of drug-likeness (QED) is 0.519. The molecule has 2 saturated carbocycles. The maximum absolute atomic E-state index is 13.0. The number of hydrogen-bond donors (Lipinski definition) is 2. The Labute approximate surface area is 191 Å². The molecule has 2 N–H and O–H groups in total. The smallest absolute Gasteiger partial charge is 0.403 e. The number of alkyl halides is 3. The Bertz CT molecular complexity index is 1000. The first-order valence-corrected chi connectivity index (χ1v) is 11.7. The highest BCUT2D eigenvalue weighted by molar-refractivity contribution is 6.33. The maximum atomic E-state index is 13.0. The van der Waals surface area contributed by atoms with Crippen molar-refractivity contribution in [1.29, 1.82) is 0 Å². The first-order valence-electron chi connectivity index (χ1n) is 11.4. The molecule has 1 aromatic heterocycles. The van der Waals surface area contributed by atoms with Crippen molar-refractivity contribution in [3.05, 3.63) is 28.9 Å². The van der Waals surface area contributed by atoms with E-state index in [0.29, 0.717) is 45.8 Å². The molecule has 8 heteroatoms. The number of nitrogens with one attached hydrogen (secondary N) is 1. The zero-order valence-corrected chi connectivity index (χ0v) is 19.4. The molecule has 176 valence electrons. The van der Waals surface area contributed by atoms with Crippen LogP contribution in [0.5, 0.6) is 5.75 Å². The number of halogens is 4. The van der Waals surface area contributed by atoms with Crippen molar-refractivity contribution < 1.29 is 23.0 Å². The molecule has 2 aromatic rings. The van der Waals surface area contributed by atoms with Crippen molar-refractivity contribution in [2.45, 2.75) is 89.9 Å². The number of fused-ring (bicyclic) bond motifs is 1. The molecule has 0 spiro atoms. The molecule has 3 heterocycles. The summed E-state index contributed by atoms with van der Waals surface area (Å²) in [6.07, 6.45) is 2.37. The van der Waals surface area contributed by atoms with Crippen LogP contribution in [0.4, 0.5) is 13.2 Å². The van der Waals surface area contributed by atoms with Gasteiger partial charge >= 0.3 is 6.36 Å². The fourth-order valence-corrected chi connectivity index (χ4v) is 7.67. The molecule has 4 nitrogen and oxygen atoms in total. The van der Waals surface area contributed by atoms with Crippen LogP contribution in [0.3, 0.4) is 0 Å². The van der Waals surface area contributed by atoms with E-state index in [1.165, 1.54) is 12.5 Å². The van der Waals surface area contributed by atoms with Crippen LogP contribution in [0.25, 0.3) is 10.9 Å². The number of aliphatic hydroxyl groups excluding tert-OH is 1. The average molecular weight is 471 g/mol. The van der Waals surface area contributed by atoms with Gasteiger partial charge in [-0.2, -0.15) is 0 Å². The summed E-state index contributed by atoms with van der Waals surface area (Å²) in [5, 5.41) is 11.5. The molecule has 6 rings (SSSR count). The first-order chi connectivity index (χ1) is 14.9. The highest BCUT2D eigenvalue weighted by Crippen LogP contribution is 2.61. The predicted molar refractivity (Wildman–Crippen MR) is 118 cm³/mol. The van der Waals surface area contributed by atoms with E-state index < -0.39 is 12.6 Å². The lowest BCUT2D eigenvalue weighted by Crippen LogP contribution is -2.66. The first kappa shape index (κ1) is 22.4. The van der Waals surface area contributed by atoms with Crippen molar-refractivity contribution in [3.8, 4) is 5.75 Å². The van der Waals surface area contributed by atoms with Crippen LogP contribution < -0.4 is 4.74 Å². The fraction of sp³-hybridized carbons (Fsp3) is 0.667. The van der Waals surface area contributed by atoms with E-state index in [1.54, 1.807) is 12.3 Å². The van der Waals surface area contributed by atoms with E-state index >= 15 is 0 Å². The zero-order chi connectivity index (χ0) is 23.1. The fourth-order valence-electron chi connectivity index (χ4n) is 7.47. The summed E-state index contributed by atoms with van der Waals surface area (Å²) in [5.41, 5.74) is 1.92. The number of aromatic amines is 1. The van der Waals surface area contributed by atoms with Gasteiger partial charge in [-0.05, 0) is 73.0 Å². The Kier molecular flexibility index (Phi) is 5.08. The Morgan fingerprint density at radius 3 is 2.34 bits per heavy atom. The van der Waals surface area contributed by atoms with Crippen LogP contribution >= 0.6 is 11.6 Å². The van der Waals surface area contributed by atoms with Gasteiger partial charge in [-0.3, -0.25) is 4.90 Å². The molecule has 32 heavy (non-hydrogen) atoms. The lowest BCUT2D eigenvalue weighted by Gasteiger charge is -2.65. The van der Waals surface area contributed by atoms with E-state index in [9.17, 15) is 18.3 Å². The van der Waals surface area contributed by atoms with Gasteiger partial charge in [0.25, 0.3) is 0 Å². The summed E-state index contributed by atoms with van der Waals surface area (Å²) < 4.78 is 43.4. The van der Waals surface area contributed by atoms with Crippen LogP contribution in [0, 0.1) is 10.8 Å². The lowest BCUT2D eigenvalue weighted by atomic mass is 9.50. The highest BCUT2D eigenvalue weighted by atomic mass is 35.5. The summed E-state index contributed by atoms with van der Waals surface area (Å²) in [4.78, 5) is 5.34. The predicted octanol–water partition coefficient (Wildman–Crippen LogP) is 6.58. The van der Waals surface area contributed by atoms with Gasteiger partial charge in [-0.15, -0.1) is 13.2 Å². The molecule has 0 radical (unpaired) electrons. The Balaban J connectivity index is 1.40. The minimum atomic E-state index is -4.84. The number of rotatable bonds is 5. The van der Waals surface area contributed by atoms with Gasteiger partial charge < -0.3 is 14.8 Å². The number of aromatic nitrogens is 1. The Morgan fingerprint density at radius 1 is 1.19 bits per heavy atom. The van der Waals surface area contributed by atoms with Gasteiger partial charge in [0.15, 0.2) is 5.75 Å². The Morgan fingerprint density at radius 2 is 1.78 bits per heavy atom. The molecule has 2 saturated heterocycles. The second kappa shape index (κ2) is 7.28. The monoisotopic (exact) mass is 470 g/mol. The average Bonchev–Trinajstić information content (AvgIpc) is 3.05. The van der Waals surface area contributed by atoms with E-state index in [-0.39, 0.29) is 16.7 Å². The topological polar surface area (TPSA) is 48.5 Å². The molecule has 4 bridgehead atoms. The highest BCUT2D eigenvalue weighted by Gasteiger charge is 2.58. The summed E-state index contributed by atoms with van der Waals surface area (Å²) in [7, 11) is 0. The second-order valence-electron chi connectivity index (χ2n) is 11.1. The summed E-state index contributed by atoms with van der Waals surface area (Å²) >= 11 is 6.08. The summed E-state index contributed by atoms with van der Waals surface area (Å²) in [6, 6.07) is 3.78. The van der Waals surface area contributed by atoms with Crippen molar-refractivity contribution in [2.75, 3.05) is 0 Å². The van der Waals surface area contributed by atoms with Crippen LogP contribution in [0.2, 0.25) is 5.02 Å². The van der Waals surface area contributed by atoms with Crippen LogP contribution in [-0.4, -0.2) is 39.7 Å². The maximum Gasteiger partial charge on any atom is 0.573 e. The molecule has 2 aliphatic carbocycles. The second-order valence-corrected chi connectivity index (χ2v) is 11.5. The van der Waals surface area contributed by atoms with Gasteiger partial charge in [0.05, 0.1) is 5.02 Å². The number of hydrogen-bond acceptors (Lipinski definition) is 3. The summed E-state index contributed by atoms with van der Waals surface area (Å²) in [6.45, 7) is 6.70. The van der Waals surface area contributed by atoms with Crippen molar-refractivity contribution >= 4 is 22.5 Å². The largest absolute Gasteiger partial charge is 0.573 e. The lowest BCUT2D eigenvalue weighted by molar-refractivity contribution is -0.274. The Hall–Kier alpha value is -1.44. The van der Waals surface area contributed by atoms with Gasteiger partial charge in [-0.1, -0.05) is 32.4 Å². The van der Waals surface area contributed by atoms with Crippen LogP contribution in [-0.2, 0) is 0 Å². The zero-order valence-electron chi connectivity index (χ0n) is 18.6. The number of aliphatic hydroxyl groups is 1. The number of nitrogens with zero attached hydrogens (tertiary/aromatic N) is 1. The molecular weight excluding hydrogens is 441 g/mol. The molecule has 0 amide bonds. The number of piperidine rings is 2. The number of benzene rings is 1. The van der Waals surface area contributed by atoms with Crippen molar-refractivity contribution in [3.63, 3.8) is 0 Å². The molecule has 2 atom stereocenters. The normalized spacial score (nSPS) is 34.2. The molecule has 4 aliphatic rings. The van der Waals surface area contributed by atoms with Crippen molar-refractivity contribution in [1.82, 2.24) is 9.88 Å². The van der Waals surface area contributed by atoms with Gasteiger partial charge in [-0.25, -0.2) is 0 Å². The number of ether oxygens (including phenoxy) is 1. The summed E-state index contributed by atoms with van der Waals surface area (Å²) in [5.74, 6) is -0.568. The van der Waals surface area contributed by atoms with E-state index in [2.05, 4.69) is 28.5 Å². The minimum absolute atomic E-state index is 0.0882. The molecule has 2 unspecified atom stereocenters. The van der Waals surface area contributed by atoms with Crippen LogP contribution in [0.15, 0.2) is 18.3 Å². The molecular formula is C24H30ClF3N2O2. The number of H-pyrrole nitrogens is 1. The minimum Gasteiger partial charge on any atom is -0.403 e. The standard InChI is InChI=1S/C24H30ClF3N2O2/c1-13(16-11-29-18-5-4-17(25)21(20(16)18)32-24(26,27)28)6-19(31)30-14-7-22(2)8-15(30)10-23(3,9-14)12-22/h4-5,11,13-15,19,29,31H,6-10,12H2,1-3H3. The van der Waals surface area contributed by atoms with Gasteiger partial charge in [0.2, 0.25) is 0 Å². The molecule has 2 aliphatic heterocycles. The third-order valence-corrected chi connectivity index (χ3v) is 8.35.